The Morgan fingerprint density at radius 1 is 0.974 bits per heavy atom. The Morgan fingerprint density at radius 2 is 1.53 bits per heavy atom. The average Bonchev–Trinajstić information content (AvgIpc) is 2.96. The van der Waals surface area contributed by atoms with Gasteiger partial charge in [-0.2, -0.15) is 0 Å². The maximum absolute atomic E-state index is 14.3. The van der Waals surface area contributed by atoms with E-state index >= 15 is 0 Å². The first-order chi connectivity index (χ1) is 18.0. The van der Waals surface area contributed by atoms with E-state index in [9.17, 15) is 4.79 Å². The quantitative estimate of drug-likeness (QED) is 0.424. The van der Waals surface area contributed by atoms with Crippen LogP contribution in [0.2, 0.25) is 0 Å². The molecule has 1 saturated heterocycles. The molecule has 38 heavy (non-hydrogen) atoms. The summed E-state index contributed by atoms with van der Waals surface area (Å²) in [5, 5.41) is 6.75. The van der Waals surface area contributed by atoms with Crippen LogP contribution in [0.25, 0.3) is 0 Å². The number of ketones is 1. The number of ether oxygens (including phenoxy) is 2. The van der Waals surface area contributed by atoms with Gasteiger partial charge in [-0.25, -0.2) is 4.99 Å². The summed E-state index contributed by atoms with van der Waals surface area (Å²) in [6, 6.07) is 23.7. The number of piperazine rings is 1. The number of guanidine groups is 1. The molecule has 9 heteroatoms. The number of halogens is 1. The van der Waals surface area contributed by atoms with E-state index < -0.39 is 5.66 Å². The normalized spacial score (nSPS) is 18.5. The molecule has 200 valence electrons. The number of nitrogens with zero attached hydrogens (tertiary/aromatic N) is 2. The van der Waals surface area contributed by atoms with Crippen molar-refractivity contribution in [3.63, 3.8) is 0 Å². The van der Waals surface area contributed by atoms with Gasteiger partial charge in [-0.3, -0.25) is 10.5 Å². The van der Waals surface area contributed by atoms with Gasteiger partial charge in [0.1, 0.15) is 0 Å². The second-order valence-electron chi connectivity index (χ2n) is 9.32. The summed E-state index contributed by atoms with van der Waals surface area (Å²) in [6.07, 6.45) is 0.191. The Labute approximate surface area is 229 Å². The number of hydrogen-bond acceptors (Lipinski definition) is 8. The van der Waals surface area contributed by atoms with Crippen molar-refractivity contribution in [1.82, 2.24) is 10.2 Å². The smallest absolute Gasteiger partial charge is 0.201 e. The van der Waals surface area contributed by atoms with E-state index in [1.165, 1.54) is 0 Å². The maximum atomic E-state index is 14.3. The predicted molar refractivity (Wildman–Crippen MR) is 153 cm³/mol. The third-order valence-corrected chi connectivity index (χ3v) is 7.10. The number of rotatable bonds is 7. The topological polar surface area (TPSA) is 101 Å². The Kier molecular flexibility index (Phi) is 8.56. The first-order valence-electron chi connectivity index (χ1n) is 12.5. The van der Waals surface area contributed by atoms with Crippen LogP contribution >= 0.6 is 12.4 Å². The maximum Gasteiger partial charge on any atom is 0.201 e. The fourth-order valence-electron chi connectivity index (χ4n) is 5.05. The zero-order chi connectivity index (χ0) is 25.8. The minimum Gasteiger partial charge on any atom is -0.493 e. The molecule has 0 aliphatic carbocycles. The van der Waals surface area contributed by atoms with Gasteiger partial charge >= 0.3 is 0 Å². The second kappa shape index (κ2) is 11.9. The highest BCUT2D eigenvalue weighted by Gasteiger charge is 2.43. The van der Waals surface area contributed by atoms with Crippen LogP contribution < -0.4 is 25.8 Å². The first kappa shape index (κ1) is 27.4. The summed E-state index contributed by atoms with van der Waals surface area (Å²) in [4.78, 5) is 21.3. The molecule has 3 aromatic carbocycles. The number of hydrogen-bond donors (Lipinski definition) is 3. The van der Waals surface area contributed by atoms with Crippen molar-refractivity contribution in [2.24, 2.45) is 10.7 Å². The number of carbonyl (C=O) groups is 1. The van der Waals surface area contributed by atoms with E-state index in [1.54, 1.807) is 20.3 Å². The Balaban J connectivity index is 0.00000336. The minimum absolute atomic E-state index is 0. The predicted octanol–water partition coefficient (Wildman–Crippen LogP) is 3.72. The van der Waals surface area contributed by atoms with Crippen molar-refractivity contribution in [2.75, 3.05) is 45.7 Å². The highest BCUT2D eigenvalue weighted by Crippen LogP contribution is 2.42. The van der Waals surface area contributed by atoms with E-state index in [2.05, 4.69) is 15.5 Å². The number of carbonyl (C=O) groups excluding carboxylic acids is 1. The molecule has 0 saturated carbocycles. The minimum atomic E-state index is -1.60. The summed E-state index contributed by atoms with van der Waals surface area (Å²) >= 11 is 0. The summed E-state index contributed by atoms with van der Waals surface area (Å²) in [5.41, 5.74) is 8.78. The molecule has 2 heterocycles. The number of Topliss-reactive ketones (excluding diaryl/α,β-unsaturated/α-hetero) is 1. The molecular formula is C29H34ClN5O3. The molecule has 1 atom stereocenters. The molecule has 2 aliphatic rings. The largest absolute Gasteiger partial charge is 0.493 e. The summed E-state index contributed by atoms with van der Waals surface area (Å²) < 4.78 is 11.1. The van der Waals surface area contributed by atoms with E-state index in [4.69, 9.17) is 20.2 Å². The van der Waals surface area contributed by atoms with Crippen LogP contribution in [0.1, 0.15) is 29.0 Å². The molecule has 0 radical (unpaired) electrons. The number of fused-ring (bicyclic) bond motifs is 1. The number of methoxy groups -OCH3 is 2. The van der Waals surface area contributed by atoms with Crippen LogP contribution in [0, 0.1) is 0 Å². The van der Waals surface area contributed by atoms with Crippen LogP contribution in [0.5, 0.6) is 11.5 Å². The lowest BCUT2D eigenvalue weighted by atomic mass is 9.82. The van der Waals surface area contributed by atoms with E-state index in [0.717, 1.165) is 37.3 Å². The molecule has 0 amide bonds. The molecule has 0 bridgehead atoms. The third-order valence-electron chi connectivity index (χ3n) is 7.10. The third kappa shape index (κ3) is 5.34. The molecule has 2 aliphatic heterocycles. The number of anilines is 1. The highest BCUT2D eigenvalue weighted by molar-refractivity contribution is 6.03. The standard InChI is InChI=1S/C29H33N5O3.ClH/c1-36-25-18-23-24(19-26(25)37-2)32-28(34-15-13-31-14-16-34)33-29(23,30)27(35)17-22(20-9-5-3-6-10-20)21-11-7-4-8-12-21;/h3-12,18-19,22,31H,13-17,30H2,1-2H3,(H,32,33);1H. The van der Waals surface area contributed by atoms with Gasteiger partial charge < -0.3 is 25.0 Å². The average molecular weight is 536 g/mol. The molecule has 1 unspecified atom stereocenters. The Bertz CT molecular complexity index is 1240. The van der Waals surface area contributed by atoms with Crippen LogP contribution in [-0.2, 0) is 10.5 Å². The lowest BCUT2D eigenvalue weighted by Crippen LogP contribution is -2.54. The monoisotopic (exact) mass is 535 g/mol. The van der Waals surface area contributed by atoms with Gasteiger partial charge in [-0.15, -0.1) is 12.4 Å². The summed E-state index contributed by atoms with van der Waals surface area (Å²) in [5.74, 6) is 1.30. The molecule has 0 spiro atoms. The van der Waals surface area contributed by atoms with E-state index in [1.807, 2.05) is 66.7 Å². The van der Waals surface area contributed by atoms with Crippen LogP contribution in [0.4, 0.5) is 5.69 Å². The molecule has 0 aromatic heterocycles. The zero-order valence-electron chi connectivity index (χ0n) is 21.6. The lowest BCUT2D eigenvalue weighted by Gasteiger charge is -2.38. The van der Waals surface area contributed by atoms with E-state index in [-0.39, 0.29) is 30.5 Å². The molecule has 1 fully saturated rings. The van der Waals surface area contributed by atoms with Gasteiger partial charge in [0.2, 0.25) is 5.96 Å². The number of benzene rings is 3. The van der Waals surface area contributed by atoms with Crippen molar-refractivity contribution in [3.8, 4) is 11.5 Å². The summed E-state index contributed by atoms with van der Waals surface area (Å²) in [7, 11) is 3.15. The summed E-state index contributed by atoms with van der Waals surface area (Å²) in [6.45, 7) is 3.18. The van der Waals surface area contributed by atoms with E-state index in [0.29, 0.717) is 28.7 Å². The Hall–Kier alpha value is -3.59. The molecular weight excluding hydrogens is 502 g/mol. The Morgan fingerprint density at radius 3 is 2.08 bits per heavy atom. The van der Waals surface area contributed by atoms with Crippen molar-refractivity contribution in [1.29, 1.82) is 0 Å². The van der Waals surface area contributed by atoms with Crippen LogP contribution in [0.15, 0.2) is 77.8 Å². The number of nitrogens with two attached hydrogens (primary N) is 1. The first-order valence-corrected chi connectivity index (χ1v) is 12.5. The molecule has 5 rings (SSSR count). The molecule has 4 N–H and O–H groups in total. The molecule has 3 aromatic rings. The van der Waals surface area contributed by atoms with Gasteiger partial charge in [-0.05, 0) is 17.2 Å². The van der Waals surface area contributed by atoms with Gasteiger partial charge in [0.15, 0.2) is 22.9 Å². The SMILES string of the molecule is COc1cc2c(cc1OC)C(N)(C(=O)CC(c1ccccc1)c1ccccc1)N=C(N1CCNCC1)N2.Cl. The molecule has 8 nitrogen and oxygen atoms in total. The van der Waals surface area contributed by atoms with Crippen LogP contribution in [-0.4, -0.2) is 57.0 Å². The number of nitrogens with one attached hydrogen (secondary N) is 2. The van der Waals surface area contributed by atoms with Gasteiger partial charge in [-0.1, -0.05) is 60.7 Å². The fourth-order valence-corrected chi connectivity index (χ4v) is 5.05. The van der Waals surface area contributed by atoms with Gasteiger partial charge in [0.25, 0.3) is 0 Å². The highest BCUT2D eigenvalue weighted by atomic mass is 35.5. The fraction of sp³-hybridized carbons (Fsp3) is 0.310. The van der Waals surface area contributed by atoms with Crippen molar-refractivity contribution < 1.29 is 14.3 Å². The van der Waals surface area contributed by atoms with Crippen molar-refractivity contribution in [3.05, 3.63) is 89.5 Å². The van der Waals surface area contributed by atoms with Crippen LogP contribution in [0.3, 0.4) is 0 Å². The van der Waals surface area contributed by atoms with Crippen molar-refractivity contribution >= 4 is 29.8 Å². The zero-order valence-corrected chi connectivity index (χ0v) is 22.5. The van der Waals surface area contributed by atoms with Crippen molar-refractivity contribution in [2.45, 2.75) is 18.0 Å². The number of aliphatic imine (C=N–C) groups is 1. The van der Waals surface area contributed by atoms with Gasteiger partial charge in [0, 0.05) is 50.1 Å². The van der Waals surface area contributed by atoms with Gasteiger partial charge in [0.05, 0.1) is 19.9 Å². The lowest BCUT2D eigenvalue weighted by molar-refractivity contribution is -0.124. The second-order valence-corrected chi connectivity index (χ2v) is 9.32.